The maximum absolute atomic E-state index is 9.99. The quantitative estimate of drug-likeness (QED) is 0.501. The van der Waals surface area contributed by atoms with Crippen LogP contribution < -0.4 is 5.73 Å². The highest BCUT2D eigenvalue weighted by atomic mass is 35.5. The molecule has 0 spiro atoms. The maximum atomic E-state index is 9.99. The van der Waals surface area contributed by atoms with Crippen LogP contribution in [0.25, 0.3) is 0 Å². The molecule has 0 aromatic heterocycles. The van der Waals surface area contributed by atoms with Crippen LogP contribution in [-0.4, -0.2) is 0 Å². The van der Waals surface area contributed by atoms with Gasteiger partial charge < -0.3 is 5.73 Å². The molecule has 1 aromatic carbocycles. The summed E-state index contributed by atoms with van der Waals surface area (Å²) in [6.45, 7) is 0. The zero-order valence-corrected chi connectivity index (χ0v) is 5.80. The van der Waals surface area contributed by atoms with Crippen LogP contribution in [0.4, 0.5) is 11.4 Å². The Balaban J connectivity index is 3.21. The summed E-state index contributed by atoms with van der Waals surface area (Å²) in [5.41, 5.74) is 5.88. The fourth-order valence-electron chi connectivity index (χ4n) is 0.596. The van der Waals surface area contributed by atoms with E-state index in [2.05, 4.69) is 5.18 Å². The number of anilines is 1. The van der Waals surface area contributed by atoms with Crippen molar-refractivity contribution in [3.05, 3.63) is 28.1 Å². The van der Waals surface area contributed by atoms with Gasteiger partial charge in [-0.2, -0.15) is 0 Å². The average molecular weight is 157 g/mol. The van der Waals surface area contributed by atoms with Gasteiger partial charge in [0.05, 0.1) is 5.69 Å². The van der Waals surface area contributed by atoms with Gasteiger partial charge in [0.2, 0.25) is 0 Å². The van der Waals surface area contributed by atoms with Crippen LogP contribution in [0.15, 0.2) is 23.4 Å². The van der Waals surface area contributed by atoms with Gasteiger partial charge in [-0.3, -0.25) is 0 Å². The van der Waals surface area contributed by atoms with E-state index < -0.39 is 0 Å². The van der Waals surface area contributed by atoms with Crippen molar-refractivity contribution < 1.29 is 0 Å². The lowest BCUT2D eigenvalue weighted by molar-refractivity contribution is 1.50. The maximum Gasteiger partial charge on any atom is 0.132 e. The smallest absolute Gasteiger partial charge is 0.132 e. The van der Waals surface area contributed by atoms with Crippen LogP contribution in [0.1, 0.15) is 0 Å². The van der Waals surface area contributed by atoms with E-state index in [4.69, 9.17) is 17.3 Å². The molecule has 0 aliphatic heterocycles. The lowest BCUT2D eigenvalue weighted by Crippen LogP contribution is -1.83. The van der Waals surface area contributed by atoms with Gasteiger partial charge in [-0.15, -0.1) is 4.91 Å². The van der Waals surface area contributed by atoms with Crippen molar-refractivity contribution in [3.8, 4) is 0 Å². The van der Waals surface area contributed by atoms with Gasteiger partial charge in [0.15, 0.2) is 0 Å². The molecule has 0 heterocycles. The fraction of sp³-hybridized carbons (Fsp3) is 0. The molecular formula is C6H5ClN2O. The molecule has 0 radical (unpaired) electrons. The lowest BCUT2D eigenvalue weighted by Gasteiger charge is -1.94. The molecule has 0 saturated heterocycles. The van der Waals surface area contributed by atoms with Gasteiger partial charge in [-0.1, -0.05) is 11.6 Å². The number of nitroso groups, excluding NO2 is 1. The Morgan fingerprint density at radius 3 is 2.70 bits per heavy atom. The highest BCUT2D eigenvalue weighted by molar-refractivity contribution is 6.31. The molecule has 0 fully saturated rings. The van der Waals surface area contributed by atoms with E-state index in [0.717, 1.165) is 0 Å². The minimum Gasteiger partial charge on any atom is -0.397 e. The van der Waals surface area contributed by atoms with E-state index >= 15 is 0 Å². The third-order valence-electron chi connectivity index (χ3n) is 1.09. The molecule has 10 heavy (non-hydrogen) atoms. The van der Waals surface area contributed by atoms with Crippen LogP contribution in [0, 0.1) is 4.91 Å². The molecule has 0 atom stereocenters. The number of nitrogens with zero attached hydrogens (tertiary/aromatic N) is 1. The van der Waals surface area contributed by atoms with Crippen molar-refractivity contribution in [3.63, 3.8) is 0 Å². The molecular weight excluding hydrogens is 152 g/mol. The first-order valence-electron chi connectivity index (χ1n) is 2.62. The van der Waals surface area contributed by atoms with Gasteiger partial charge in [0.25, 0.3) is 0 Å². The molecule has 0 amide bonds. The second-order valence-electron chi connectivity index (χ2n) is 1.79. The first kappa shape index (κ1) is 7.02. The molecule has 0 saturated carbocycles. The summed E-state index contributed by atoms with van der Waals surface area (Å²) in [7, 11) is 0. The first-order valence-corrected chi connectivity index (χ1v) is 3.00. The zero-order valence-electron chi connectivity index (χ0n) is 5.04. The van der Waals surface area contributed by atoms with Crippen molar-refractivity contribution in [2.24, 2.45) is 5.18 Å². The summed E-state index contributed by atoms with van der Waals surface area (Å²) in [6.07, 6.45) is 0. The Kier molecular flexibility index (Phi) is 1.87. The molecule has 4 heteroatoms. The summed E-state index contributed by atoms with van der Waals surface area (Å²) >= 11 is 5.54. The minimum atomic E-state index is 0.188. The molecule has 0 aliphatic rings. The number of rotatable bonds is 1. The number of benzene rings is 1. The minimum absolute atomic E-state index is 0.188. The van der Waals surface area contributed by atoms with Gasteiger partial charge in [0.1, 0.15) is 5.69 Å². The van der Waals surface area contributed by atoms with E-state index in [0.29, 0.717) is 10.7 Å². The molecule has 2 N–H and O–H groups in total. The third kappa shape index (κ3) is 1.25. The number of hydrogen-bond donors (Lipinski definition) is 1. The summed E-state index contributed by atoms with van der Waals surface area (Å²) in [5.74, 6) is 0. The van der Waals surface area contributed by atoms with Crippen molar-refractivity contribution in [2.45, 2.75) is 0 Å². The molecule has 1 aromatic rings. The number of nitrogen functional groups attached to an aromatic ring is 1. The number of hydrogen-bond acceptors (Lipinski definition) is 3. The Labute approximate surface area is 62.8 Å². The molecule has 3 nitrogen and oxygen atoms in total. The normalized spacial score (nSPS) is 9.30. The molecule has 52 valence electrons. The standard InChI is InChI=1S/C6H5ClN2O/c7-4-1-2-5(8)6(3-4)9-10/h1-3H,8H2. The molecule has 0 unspecified atom stereocenters. The van der Waals surface area contributed by atoms with Crippen molar-refractivity contribution in [1.82, 2.24) is 0 Å². The first-order chi connectivity index (χ1) is 4.74. The van der Waals surface area contributed by atoms with Gasteiger partial charge >= 0.3 is 0 Å². The van der Waals surface area contributed by atoms with E-state index in [1.165, 1.54) is 6.07 Å². The Morgan fingerprint density at radius 1 is 1.50 bits per heavy atom. The highest BCUT2D eigenvalue weighted by Crippen LogP contribution is 2.24. The molecule has 1 rings (SSSR count). The summed E-state index contributed by atoms with van der Waals surface area (Å²) in [4.78, 5) is 9.99. The molecule has 0 aliphatic carbocycles. The summed E-state index contributed by atoms with van der Waals surface area (Å²) in [6, 6.07) is 4.56. The van der Waals surface area contributed by atoms with Crippen LogP contribution in [0.3, 0.4) is 0 Å². The van der Waals surface area contributed by atoms with E-state index in [1.807, 2.05) is 0 Å². The van der Waals surface area contributed by atoms with Crippen molar-refractivity contribution in [1.29, 1.82) is 0 Å². The zero-order chi connectivity index (χ0) is 7.56. The monoisotopic (exact) mass is 156 g/mol. The molecule has 0 bridgehead atoms. The topological polar surface area (TPSA) is 55.4 Å². The number of halogens is 1. The fourth-order valence-corrected chi connectivity index (χ4v) is 0.762. The van der Waals surface area contributed by atoms with Crippen LogP contribution in [0.5, 0.6) is 0 Å². The van der Waals surface area contributed by atoms with Gasteiger partial charge in [-0.05, 0) is 23.4 Å². The Bertz CT molecular complexity index is 262. The predicted octanol–water partition coefficient (Wildman–Crippen LogP) is 2.32. The number of nitrogens with two attached hydrogens (primary N) is 1. The van der Waals surface area contributed by atoms with Crippen LogP contribution in [-0.2, 0) is 0 Å². The highest BCUT2D eigenvalue weighted by Gasteiger charge is 1.97. The average Bonchev–Trinajstić information content (AvgIpc) is 1.94. The van der Waals surface area contributed by atoms with Crippen molar-refractivity contribution >= 4 is 23.0 Å². The largest absolute Gasteiger partial charge is 0.397 e. The SMILES string of the molecule is Nc1ccc(Cl)cc1N=O. The Morgan fingerprint density at radius 2 is 2.20 bits per heavy atom. The predicted molar refractivity (Wildman–Crippen MR) is 41.3 cm³/mol. The van der Waals surface area contributed by atoms with E-state index in [-0.39, 0.29) is 5.69 Å². The van der Waals surface area contributed by atoms with Gasteiger partial charge in [-0.25, -0.2) is 0 Å². The second-order valence-corrected chi connectivity index (χ2v) is 2.23. The van der Waals surface area contributed by atoms with Crippen LogP contribution in [0.2, 0.25) is 5.02 Å². The lowest BCUT2D eigenvalue weighted by atomic mass is 10.3. The van der Waals surface area contributed by atoms with E-state index in [9.17, 15) is 4.91 Å². The second kappa shape index (κ2) is 2.66. The Hall–Kier alpha value is -1.09. The van der Waals surface area contributed by atoms with Crippen LogP contribution >= 0.6 is 11.6 Å². The van der Waals surface area contributed by atoms with Crippen molar-refractivity contribution in [2.75, 3.05) is 5.73 Å². The van der Waals surface area contributed by atoms with Gasteiger partial charge in [0, 0.05) is 5.02 Å². The summed E-state index contributed by atoms with van der Waals surface area (Å²) < 4.78 is 0. The van der Waals surface area contributed by atoms with E-state index in [1.54, 1.807) is 12.1 Å². The summed E-state index contributed by atoms with van der Waals surface area (Å²) in [5, 5.41) is 3.13. The third-order valence-corrected chi connectivity index (χ3v) is 1.33.